The molecule has 0 spiro atoms. The summed E-state index contributed by atoms with van der Waals surface area (Å²) in [6.45, 7) is 0. The van der Waals surface area contributed by atoms with Crippen LogP contribution < -0.4 is 0 Å². The molecule has 0 atom stereocenters. The van der Waals surface area contributed by atoms with Gasteiger partial charge in [-0.25, -0.2) is 4.79 Å². The van der Waals surface area contributed by atoms with E-state index in [-0.39, 0.29) is 5.56 Å². The second-order valence-corrected chi connectivity index (χ2v) is 3.43. The van der Waals surface area contributed by atoms with Crippen LogP contribution in [0.4, 0.5) is 13.2 Å². The number of carbonyl (C=O) groups is 2. The van der Waals surface area contributed by atoms with Crippen molar-refractivity contribution in [2.75, 3.05) is 7.11 Å². The molecule has 1 rings (SSSR count). The molecule has 98 valence electrons. The largest absolute Gasteiger partial charge is 0.481 e. The van der Waals surface area contributed by atoms with E-state index in [1.807, 2.05) is 0 Å². The van der Waals surface area contributed by atoms with Crippen molar-refractivity contribution in [1.29, 1.82) is 0 Å². The van der Waals surface area contributed by atoms with Gasteiger partial charge in [0.15, 0.2) is 0 Å². The fraction of sp³-hybridized carbons (Fsp3) is 0.273. The van der Waals surface area contributed by atoms with Crippen molar-refractivity contribution in [3.63, 3.8) is 0 Å². The van der Waals surface area contributed by atoms with Crippen LogP contribution in [0.25, 0.3) is 0 Å². The zero-order valence-electron chi connectivity index (χ0n) is 9.25. The molecule has 0 saturated carbocycles. The molecule has 1 N–H and O–H groups in total. The minimum absolute atomic E-state index is 0.123. The number of rotatable bonds is 3. The zero-order chi connectivity index (χ0) is 13.9. The van der Waals surface area contributed by atoms with Gasteiger partial charge in [-0.3, -0.25) is 4.79 Å². The molecule has 4 nitrogen and oxygen atoms in total. The second kappa shape index (κ2) is 5.07. The Bertz CT molecular complexity index is 480. The van der Waals surface area contributed by atoms with E-state index < -0.39 is 35.7 Å². The van der Waals surface area contributed by atoms with Crippen LogP contribution in [0.15, 0.2) is 18.2 Å². The third-order valence-electron chi connectivity index (χ3n) is 2.17. The molecular weight excluding hydrogens is 253 g/mol. The van der Waals surface area contributed by atoms with E-state index in [0.717, 1.165) is 19.2 Å². The number of hydrogen-bond donors (Lipinski definition) is 1. The molecule has 0 bridgehead atoms. The molecule has 0 amide bonds. The van der Waals surface area contributed by atoms with Crippen LogP contribution in [0, 0.1) is 0 Å². The third-order valence-corrected chi connectivity index (χ3v) is 2.17. The first-order valence-corrected chi connectivity index (χ1v) is 4.76. The van der Waals surface area contributed by atoms with E-state index >= 15 is 0 Å². The molecule has 0 fully saturated rings. The molecule has 1 aromatic rings. The number of hydrogen-bond acceptors (Lipinski definition) is 3. The number of halogens is 3. The van der Waals surface area contributed by atoms with Crippen LogP contribution >= 0.6 is 0 Å². The van der Waals surface area contributed by atoms with Gasteiger partial charge in [-0.1, -0.05) is 0 Å². The minimum Gasteiger partial charge on any atom is -0.481 e. The summed E-state index contributed by atoms with van der Waals surface area (Å²) in [4.78, 5) is 21.7. The molecule has 1 aromatic carbocycles. The number of esters is 1. The lowest BCUT2D eigenvalue weighted by molar-refractivity contribution is -0.139. The second-order valence-electron chi connectivity index (χ2n) is 3.43. The highest BCUT2D eigenvalue weighted by atomic mass is 19.4. The molecule has 0 aliphatic rings. The van der Waals surface area contributed by atoms with Gasteiger partial charge in [0.05, 0.1) is 24.7 Å². The predicted molar refractivity (Wildman–Crippen MR) is 54.1 cm³/mol. The average molecular weight is 262 g/mol. The molecule has 0 aliphatic heterocycles. The molecule has 0 aromatic heterocycles. The summed E-state index contributed by atoms with van der Waals surface area (Å²) in [6, 6.07) is 2.49. The smallest absolute Gasteiger partial charge is 0.416 e. The molecule has 0 saturated heterocycles. The highest BCUT2D eigenvalue weighted by Gasteiger charge is 2.34. The Kier molecular flexibility index (Phi) is 3.95. The molecule has 18 heavy (non-hydrogen) atoms. The number of methoxy groups -OCH3 is 1. The summed E-state index contributed by atoms with van der Waals surface area (Å²) in [5.41, 5.74) is -1.67. The number of carbonyl (C=O) groups excluding carboxylic acids is 1. The summed E-state index contributed by atoms with van der Waals surface area (Å²) in [7, 11) is 1.08. The lowest BCUT2D eigenvalue weighted by atomic mass is 10.0. The number of aliphatic carboxylic acids is 1. The van der Waals surface area contributed by atoms with Gasteiger partial charge in [-0.15, -0.1) is 0 Å². The Labute approximate surface area is 100.0 Å². The van der Waals surface area contributed by atoms with E-state index in [4.69, 9.17) is 5.11 Å². The molecule has 0 heterocycles. The van der Waals surface area contributed by atoms with Gasteiger partial charge in [-0.05, 0) is 23.8 Å². The van der Waals surface area contributed by atoms with Gasteiger partial charge in [0.1, 0.15) is 0 Å². The van der Waals surface area contributed by atoms with Gasteiger partial charge < -0.3 is 9.84 Å². The summed E-state index contributed by atoms with van der Waals surface area (Å²) >= 11 is 0. The average Bonchev–Trinajstić information content (AvgIpc) is 2.25. The van der Waals surface area contributed by atoms with Crippen molar-refractivity contribution in [3.8, 4) is 0 Å². The van der Waals surface area contributed by atoms with Crippen LogP contribution in [0.2, 0.25) is 0 Å². The number of ether oxygens (including phenoxy) is 1. The Hall–Kier alpha value is -2.05. The normalized spacial score (nSPS) is 11.1. The highest BCUT2D eigenvalue weighted by Crippen LogP contribution is 2.32. The first-order chi connectivity index (χ1) is 8.25. The number of carboxylic acids is 1. The molecule has 7 heteroatoms. The van der Waals surface area contributed by atoms with Gasteiger partial charge in [0.25, 0.3) is 0 Å². The number of carboxylic acid groups (broad SMARTS) is 1. The maximum absolute atomic E-state index is 12.6. The van der Waals surface area contributed by atoms with Gasteiger partial charge in [0.2, 0.25) is 0 Å². The number of alkyl halides is 3. The monoisotopic (exact) mass is 262 g/mol. The maximum atomic E-state index is 12.6. The van der Waals surface area contributed by atoms with Crippen molar-refractivity contribution >= 4 is 11.9 Å². The van der Waals surface area contributed by atoms with Crippen LogP contribution in [0.3, 0.4) is 0 Å². The SMILES string of the molecule is COC(=O)c1ccc(C(F)(F)F)c(CC(=O)O)c1. The molecule has 0 aliphatic carbocycles. The van der Waals surface area contributed by atoms with Crippen molar-refractivity contribution in [2.45, 2.75) is 12.6 Å². The van der Waals surface area contributed by atoms with Crippen LogP contribution in [0.1, 0.15) is 21.5 Å². The quantitative estimate of drug-likeness (QED) is 0.847. The van der Waals surface area contributed by atoms with Crippen LogP contribution in [0.5, 0.6) is 0 Å². The summed E-state index contributed by atoms with van der Waals surface area (Å²) in [5.74, 6) is -2.24. The zero-order valence-corrected chi connectivity index (χ0v) is 9.25. The van der Waals surface area contributed by atoms with Crippen molar-refractivity contribution < 1.29 is 32.6 Å². The Morgan fingerprint density at radius 2 is 1.94 bits per heavy atom. The lowest BCUT2D eigenvalue weighted by Gasteiger charge is -2.12. The standard InChI is InChI=1S/C11H9F3O4/c1-18-10(17)6-2-3-8(11(12,13)14)7(4-6)5-9(15)16/h2-4H,5H2,1H3,(H,15,16). The highest BCUT2D eigenvalue weighted by molar-refractivity contribution is 5.90. The minimum atomic E-state index is -4.67. The summed E-state index contributed by atoms with van der Waals surface area (Å²) < 4.78 is 42.2. The van der Waals surface area contributed by atoms with Crippen LogP contribution in [-0.4, -0.2) is 24.2 Å². The van der Waals surface area contributed by atoms with Gasteiger partial charge in [-0.2, -0.15) is 13.2 Å². The predicted octanol–water partition coefficient (Wildman–Crippen LogP) is 2.12. The lowest BCUT2D eigenvalue weighted by Crippen LogP contribution is -2.14. The topological polar surface area (TPSA) is 63.6 Å². The first kappa shape index (κ1) is 14.0. The fourth-order valence-corrected chi connectivity index (χ4v) is 1.42. The summed E-state index contributed by atoms with van der Waals surface area (Å²) in [6.07, 6.45) is -5.49. The van der Waals surface area contributed by atoms with Crippen molar-refractivity contribution in [3.05, 3.63) is 34.9 Å². The van der Waals surface area contributed by atoms with Crippen molar-refractivity contribution in [1.82, 2.24) is 0 Å². The van der Waals surface area contributed by atoms with E-state index in [1.165, 1.54) is 0 Å². The van der Waals surface area contributed by atoms with Gasteiger partial charge >= 0.3 is 18.1 Å². The fourth-order valence-electron chi connectivity index (χ4n) is 1.42. The van der Waals surface area contributed by atoms with Crippen molar-refractivity contribution in [2.24, 2.45) is 0 Å². The third kappa shape index (κ3) is 3.22. The van der Waals surface area contributed by atoms with E-state index in [9.17, 15) is 22.8 Å². The Balaban J connectivity index is 3.29. The van der Waals surface area contributed by atoms with Crippen LogP contribution in [-0.2, 0) is 22.1 Å². The van der Waals surface area contributed by atoms with Gasteiger partial charge in [0, 0.05) is 0 Å². The first-order valence-electron chi connectivity index (χ1n) is 4.76. The van der Waals surface area contributed by atoms with E-state index in [0.29, 0.717) is 6.07 Å². The van der Waals surface area contributed by atoms with E-state index in [1.54, 1.807) is 0 Å². The molecular formula is C11H9F3O4. The van der Waals surface area contributed by atoms with E-state index in [2.05, 4.69) is 4.74 Å². The Morgan fingerprint density at radius 3 is 2.39 bits per heavy atom. The summed E-state index contributed by atoms with van der Waals surface area (Å²) in [5, 5.41) is 8.56. The molecule has 0 radical (unpaired) electrons. The maximum Gasteiger partial charge on any atom is 0.416 e. The molecule has 0 unspecified atom stereocenters. The Morgan fingerprint density at radius 1 is 1.33 bits per heavy atom. The number of benzene rings is 1.